The van der Waals surface area contributed by atoms with Crippen molar-refractivity contribution in [1.82, 2.24) is 5.32 Å². The van der Waals surface area contributed by atoms with Gasteiger partial charge in [-0.15, -0.1) is 0 Å². The van der Waals surface area contributed by atoms with Crippen LogP contribution in [0.15, 0.2) is 42.5 Å². The molecule has 2 aromatic rings. The van der Waals surface area contributed by atoms with E-state index in [2.05, 4.69) is 5.32 Å². The number of hydrogen-bond donors (Lipinski definition) is 1. The van der Waals surface area contributed by atoms with Crippen molar-refractivity contribution in [3.8, 4) is 5.75 Å². The van der Waals surface area contributed by atoms with Gasteiger partial charge in [0, 0.05) is 17.2 Å². The van der Waals surface area contributed by atoms with Crippen molar-refractivity contribution in [3.63, 3.8) is 0 Å². The standard InChI is InChI=1S/C16H15F2NO/c1-10(13-8-11(17)6-7-14(13)18)19-15-9-20-16-5-3-2-4-12(15)16/h2-8,10,15,19H,9H2,1H3. The van der Waals surface area contributed by atoms with Crippen molar-refractivity contribution in [1.29, 1.82) is 0 Å². The van der Waals surface area contributed by atoms with Gasteiger partial charge in [0.2, 0.25) is 0 Å². The molecule has 0 saturated heterocycles. The van der Waals surface area contributed by atoms with Crippen LogP contribution < -0.4 is 10.1 Å². The van der Waals surface area contributed by atoms with Crippen LogP contribution in [0.2, 0.25) is 0 Å². The third-order valence-corrected chi connectivity index (χ3v) is 3.58. The van der Waals surface area contributed by atoms with E-state index in [0.717, 1.165) is 23.4 Å². The van der Waals surface area contributed by atoms with Crippen LogP contribution in [0.1, 0.15) is 30.1 Å². The molecule has 0 radical (unpaired) electrons. The molecular weight excluding hydrogens is 260 g/mol. The summed E-state index contributed by atoms with van der Waals surface area (Å²) in [5.41, 5.74) is 1.38. The number of fused-ring (bicyclic) bond motifs is 1. The minimum absolute atomic E-state index is 0.0103. The fourth-order valence-electron chi connectivity index (χ4n) is 2.54. The smallest absolute Gasteiger partial charge is 0.128 e. The van der Waals surface area contributed by atoms with Crippen molar-refractivity contribution in [2.24, 2.45) is 0 Å². The van der Waals surface area contributed by atoms with Crippen LogP contribution in [0.25, 0.3) is 0 Å². The molecule has 4 heteroatoms. The lowest BCUT2D eigenvalue weighted by Gasteiger charge is -2.19. The fourth-order valence-corrected chi connectivity index (χ4v) is 2.54. The van der Waals surface area contributed by atoms with Crippen LogP contribution in [0.3, 0.4) is 0 Å². The zero-order chi connectivity index (χ0) is 14.1. The molecular formula is C16H15F2NO. The summed E-state index contributed by atoms with van der Waals surface area (Å²) in [7, 11) is 0. The van der Waals surface area contributed by atoms with Gasteiger partial charge in [-0.25, -0.2) is 8.78 Å². The highest BCUT2D eigenvalue weighted by Gasteiger charge is 2.25. The summed E-state index contributed by atoms with van der Waals surface area (Å²) in [5, 5.41) is 3.29. The molecule has 3 rings (SSSR count). The maximum Gasteiger partial charge on any atom is 0.128 e. The zero-order valence-corrected chi connectivity index (χ0v) is 11.1. The number of halogens is 2. The van der Waals surface area contributed by atoms with Crippen LogP contribution in [-0.2, 0) is 0 Å². The molecule has 20 heavy (non-hydrogen) atoms. The summed E-state index contributed by atoms with van der Waals surface area (Å²) in [4.78, 5) is 0. The number of rotatable bonds is 3. The van der Waals surface area contributed by atoms with Gasteiger partial charge in [-0.3, -0.25) is 0 Å². The van der Waals surface area contributed by atoms with Gasteiger partial charge in [-0.05, 0) is 31.2 Å². The highest BCUT2D eigenvalue weighted by molar-refractivity contribution is 5.39. The second kappa shape index (κ2) is 5.21. The average molecular weight is 275 g/mol. The largest absolute Gasteiger partial charge is 0.491 e. The molecule has 0 aromatic heterocycles. The lowest BCUT2D eigenvalue weighted by Crippen LogP contribution is -2.26. The Morgan fingerprint density at radius 1 is 1.20 bits per heavy atom. The molecule has 1 aliphatic rings. The van der Waals surface area contributed by atoms with Crippen LogP contribution in [-0.4, -0.2) is 6.61 Å². The van der Waals surface area contributed by atoms with Crippen molar-refractivity contribution < 1.29 is 13.5 Å². The van der Waals surface area contributed by atoms with Gasteiger partial charge in [0.1, 0.15) is 24.0 Å². The summed E-state index contributed by atoms with van der Waals surface area (Å²) in [6.07, 6.45) is 0. The molecule has 0 amide bonds. The fraction of sp³-hybridized carbons (Fsp3) is 0.250. The number of nitrogens with one attached hydrogen (secondary N) is 1. The van der Waals surface area contributed by atoms with Gasteiger partial charge in [-0.2, -0.15) is 0 Å². The Morgan fingerprint density at radius 2 is 2.00 bits per heavy atom. The van der Waals surface area contributed by atoms with E-state index in [4.69, 9.17) is 4.74 Å². The first-order chi connectivity index (χ1) is 9.65. The number of benzene rings is 2. The van der Waals surface area contributed by atoms with E-state index < -0.39 is 11.6 Å². The first kappa shape index (κ1) is 13.1. The number of para-hydroxylation sites is 1. The third-order valence-electron chi connectivity index (χ3n) is 3.58. The summed E-state index contributed by atoms with van der Waals surface area (Å²) in [5.74, 6) is 0.00800. The lowest BCUT2D eigenvalue weighted by molar-refractivity contribution is 0.299. The quantitative estimate of drug-likeness (QED) is 0.921. The predicted molar refractivity (Wildman–Crippen MR) is 72.6 cm³/mol. The normalized spacial score (nSPS) is 18.4. The Labute approximate surface area is 116 Å². The summed E-state index contributed by atoms with van der Waals surface area (Å²) in [6, 6.07) is 10.9. The minimum Gasteiger partial charge on any atom is -0.491 e. The molecule has 0 spiro atoms. The lowest BCUT2D eigenvalue weighted by atomic mass is 10.0. The van der Waals surface area contributed by atoms with E-state index in [0.29, 0.717) is 12.2 Å². The molecule has 104 valence electrons. The van der Waals surface area contributed by atoms with E-state index >= 15 is 0 Å². The van der Waals surface area contributed by atoms with Gasteiger partial charge in [0.15, 0.2) is 0 Å². The predicted octanol–water partition coefficient (Wildman–Crippen LogP) is 3.75. The van der Waals surface area contributed by atoms with Crippen molar-refractivity contribution in [2.45, 2.75) is 19.0 Å². The Kier molecular flexibility index (Phi) is 3.40. The van der Waals surface area contributed by atoms with Gasteiger partial charge in [-0.1, -0.05) is 18.2 Å². The van der Waals surface area contributed by atoms with Crippen LogP contribution in [0.4, 0.5) is 8.78 Å². The molecule has 2 aromatic carbocycles. The van der Waals surface area contributed by atoms with Crippen molar-refractivity contribution >= 4 is 0 Å². The van der Waals surface area contributed by atoms with Crippen LogP contribution >= 0.6 is 0 Å². The first-order valence-electron chi connectivity index (χ1n) is 6.58. The van der Waals surface area contributed by atoms with Gasteiger partial charge < -0.3 is 10.1 Å². The Bertz CT molecular complexity index is 630. The molecule has 2 unspecified atom stereocenters. The molecule has 0 aliphatic carbocycles. The summed E-state index contributed by atoms with van der Waals surface area (Å²) >= 11 is 0. The van der Waals surface area contributed by atoms with E-state index in [-0.39, 0.29) is 12.1 Å². The van der Waals surface area contributed by atoms with E-state index in [9.17, 15) is 8.78 Å². The number of ether oxygens (including phenoxy) is 1. The second-order valence-corrected chi connectivity index (χ2v) is 4.96. The SMILES string of the molecule is CC(NC1COc2ccccc21)c1cc(F)ccc1F. The topological polar surface area (TPSA) is 21.3 Å². The maximum atomic E-state index is 13.8. The molecule has 1 aliphatic heterocycles. The van der Waals surface area contributed by atoms with Crippen LogP contribution in [0.5, 0.6) is 5.75 Å². The molecule has 0 saturated carbocycles. The van der Waals surface area contributed by atoms with E-state index in [1.807, 2.05) is 31.2 Å². The van der Waals surface area contributed by atoms with E-state index in [1.54, 1.807) is 0 Å². The minimum atomic E-state index is -0.432. The van der Waals surface area contributed by atoms with Crippen molar-refractivity contribution in [2.75, 3.05) is 6.61 Å². The zero-order valence-electron chi connectivity index (χ0n) is 11.1. The Hall–Kier alpha value is -1.94. The van der Waals surface area contributed by atoms with Crippen molar-refractivity contribution in [3.05, 3.63) is 65.2 Å². The molecule has 0 fully saturated rings. The summed E-state index contributed by atoms with van der Waals surface area (Å²) in [6.45, 7) is 2.32. The molecule has 0 bridgehead atoms. The highest BCUT2D eigenvalue weighted by atomic mass is 19.1. The Balaban J connectivity index is 1.80. The summed E-state index contributed by atoms with van der Waals surface area (Å²) < 4.78 is 32.6. The van der Waals surface area contributed by atoms with Gasteiger partial charge in [0.25, 0.3) is 0 Å². The third kappa shape index (κ3) is 2.39. The average Bonchev–Trinajstić information content (AvgIpc) is 2.85. The Morgan fingerprint density at radius 3 is 2.85 bits per heavy atom. The molecule has 1 heterocycles. The monoisotopic (exact) mass is 275 g/mol. The van der Waals surface area contributed by atoms with Crippen LogP contribution in [0, 0.1) is 11.6 Å². The van der Waals surface area contributed by atoms with E-state index in [1.165, 1.54) is 6.07 Å². The molecule has 2 nitrogen and oxygen atoms in total. The number of hydrogen-bond acceptors (Lipinski definition) is 2. The van der Waals surface area contributed by atoms with Gasteiger partial charge >= 0.3 is 0 Å². The highest BCUT2D eigenvalue weighted by Crippen LogP contribution is 2.33. The molecule has 1 N–H and O–H groups in total. The maximum absolute atomic E-state index is 13.8. The molecule has 2 atom stereocenters. The second-order valence-electron chi connectivity index (χ2n) is 4.96. The first-order valence-corrected chi connectivity index (χ1v) is 6.58. The van der Waals surface area contributed by atoms with Gasteiger partial charge in [0.05, 0.1) is 6.04 Å².